The van der Waals surface area contributed by atoms with Gasteiger partial charge in [-0.15, -0.1) is 0 Å². The van der Waals surface area contributed by atoms with E-state index in [0.29, 0.717) is 17.7 Å². The van der Waals surface area contributed by atoms with Crippen molar-refractivity contribution in [2.75, 3.05) is 5.73 Å². The first-order valence-electron chi connectivity index (χ1n) is 6.01. The minimum Gasteiger partial charge on any atom is -0.398 e. The van der Waals surface area contributed by atoms with Crippen LogP contribution in [0.25, 0.3) is 0 Å². The van der Waals surface area contributed by atoms with E-state index >= 15 is 0 Å². The third-order valence-corrected chi connectivity index (χ3v) is 3.52. The zero-order chi connectivity index (χ0) is 14.4. The maximum atomic E-state index is 11.6. The number of alkyl halides is 1. The predicted molar refractivity (Wildman–Crippen MR) is 80.0 cm³/mol. The molecule has 0 spiro atoms. The molecule has 19 heavy (non-hydrogen) atoms. The second-order valence-corrected chi connectivity index (χ2v) is 5.27. The van der Waals surface area contributed by atoms with Crippen molar-refractivity contribution in [2.24, 2.45) is 10.9 Å². The number of halogens is 1. The number of carbonyl (C=O) groups excluding carboxylic acids is 1. The summed E-state index contributed by atoms with van der Waals surface area (Å²) < 4.78 is 0. The van der Waals surface area contributed by atoms with E-state index in [1.54, 1.807) is 18.2 Å². The highest BCUT2D eigenvalue weighted by molar-refractivity contribution is 9.10. The Hall–Kier alpha value is -1.56. The Kier molecular flexibility index (Phi) is 5.82. The molecule has 0 saturated carbocycles. The van der Waals surface area contributed by atoms with E-state index in [1.165, 1.54) is 0 Å². The fourth-order valence-corrected chi connectivity index (χ4v) is 2.04. The Labute approximate surface area is 121 Å². The number of nitrogens with zero attached hydrogens (tertiary/aromatic N) is 1. The summed E-state index contributed by atoms with van der Waals surface area (Å²) in [5.41, 5.74) is 13.7. The second-order valence-electron chi connectivity index (χ2n) is 4.16. The third-order valence-electron chi connectivity index (χ3n) is 2.68. The first-order valence-corrected chi connectivity index (χ1v) is 6.92. The molecule has 0 fully saturated rings. The average molecular weight is 328 g/mol. The Balaban J connectivity index is 2.77. The van der Waals surface area contributed by atoms with Crippen molar-refractivity contribution in [1.82, 2.24) is 0 Å². The zero-order valence-corrected chi connectivity index (χ0v) is 12.6. The molecule has 1 atom stereocenters. The van der Waals surface area contributed by atoms with Crippen molar-refractivity contribution in [1.29, 1.82) is 0 Å². The van der Waals surface area contributed by atoms with Gasteiger partial charge < -0.3 is 16.3 Å². The van der Waals surface area contributed by atoms with Gasteiger partial charge in [-0.25, -0.2) is 4.79 Å². The number of benzene rings is 1. The van der Waals surface area contributed by atoms with E-state index in [4.69, 9.17) is 16.3 Å². The highest BCUT2D eigenvalue weighted by Gasteiger charge is 2.16. The van der Waals surface area contributed by atoms with Crippen LogP contribution >= 0.6 is 15.9 Å². The molecule has 0 amide bonds. The molecule has 6 heteroatoms. The van der Waals surface area contributed by atoms with Gasteiger partial charge in [0, 0.05) is 11.3 Å². The minimum absolute atomic E-state index is 0.134. The summed E-state index contributed by atoms with van der Waals surface area (Å²) in [7, 11) is 0. The Morgan fingerprint density at radius 1 is 1.53 bits per heavy atom. The molecule has 0 aliphatic heterocycles. The number of amidine groups is 1. The zero-order valence-electron chi connectivity index (χ0n) is 11.0. The number of oxime groups is 1. The number of nitrogens with two attached hydrogens (primary N) is 2. The molecule has 0 aliphatic carbocycles. The van der Waals surface area contributed by atoms with Crippen LogP contribution in [0.5, 0.6) is 0 Å². The van der Waals surface area contributed by atoms with E-state index in [2.05, 4.69) is 21.1 Å². The minimum atomic E-state index is -0.452. The largest absolute Gasteiger partial charge is 0.398 e. The van der Waals surface area contributed by atoms with E-state index in [1.807, 2.05) is 13.8 Å². The molecule has 104 valence electrons. The van der Waals surface area contributed by atoms with Gasteiger partial charge >= 0.3 is 5.97 Å². The Bertz CT molecular complexity index is 489. The standard InChI is InChI=1S/C13H18BrN3O2/c1-3-5-10(14)13(18)19-17-12(16)9-6-4-7-11(15)8(9)2/h4,6-7,10H,3,5,15H2,1-2H3,(H2,16,17). The van der Waals surface area contributed by atoms with Gasteiger partial charge in [0.1, 0.15) is 4.83 Å². The number of carbonyl (C=O) groups is 1. The van der Waals surface area contributed by atoms with Crippen LogP contribution in [0.3, 0.4) is 0 Å². The van der Waals surface area contributed by atoms with Crippen LogP contribution in [0.15, 0.2) is 23.4 Å². The van der Waals surface area contributed by atoms with Crippen molar-refractivity contribution >= 4 is 33.4 Å². The monoisotopic (exact) mass is 327 g/mol. The summed E-state index contributed by atoms with van der Waals surface area (Å²) in [4.78, 5) is 16.0. The Morgan fingerprint density at radius 2 is 2.21 bits per heavy atom. The summed E-state index contributed by atoms with van der Waals surface area (Å²) in [5.74, 6) is -0.319. The van der Waals surface area contributed by atoms with E-state index < -0.39 is 5.97 Å². The Morgan fingerprint density at radius 3 is 2.84 bits per heavy atom. The second kappa shape index (κ2) is 7.13. The highest BCUT2D eigenvalue weighted by atomic mass is 79.9. The normalized spacial score (nSPS) is 13.1. The van der Waals surface area contributed by atoms with Crippen LogP contribution in [0.2, 0.25) is 0 Å². The third kappa shape index (κ3) is 4.24. The molecular formula is C13H18BrN3O2. The van der Waals surface area contributed by atoms with Crippen molar-refractivity contribution in [3.8, 4) is 0 Å². The number of anilines is 1. The van der Waals surface area contributed by atoms with Crippen molar-refractivity contribution < 1.29 is 9.63 Å². The summed E-state index contributed by atoms with van der Waals surface area (Å²) in [6.07, 6.45) is 1.56. The molecule has 5 nitrogen and oxygen atoms in total. The summed E-state index contributed by atoms with van der Waals surface area (Å²) in [5, 5.41) is 3.66. The first kappa shape index (κ1) is 15.5. The summed E-state index contributed by atoms with van der Waals surface area (Å²) >= 11 is 3.23. The fourth-order valence-electron chi connectivity index (χ4n) is 1.50. The van der Waals surface area contributed by atoms with Gasteiger partial charge in [-0.05, 0) is 25.0 Å². The van der Waals surface area contributed by atoms with Gasteiger partial charge in [0.25, 0.3) is 0 Å². The van der Waals surface area contributed by atoms with E-state index in [-0.39, 0.29) is 10.7 Å². The van der Waals surface area contributed by atoms with Gasteiger partial charge in [0.2, 0.25) is 0 Å². The average Bonchev–Trinajstić information content (AvgIpc) is 2.39. The molecule has 1 rings (SSSR count). The SMILES string of the molecule is CCCC(Br)C(=O)O/N=C(\N)c1cccc(N)c1C. The van der Waals surface area contributed by atoms with Crippen LogP contribution in [0.4, 0.5) is 5.69 Å². The predicted octanol–water partition coefficient (Wildman–Crippen LogP) is 2.30. The topological polar surface area (TPSA) is 90.7 Å². The van der Waals surface area contributed by atoms with Crippen LogP contribution in [-0.2, 0) is 9.63 Å². The van der Waals surface area contributed by atoms with Crippen LogP contribution in [0, 0.1) is 6.92 Å². The number of nitrogen functional groups attached to an aromatic ring is 1. The van der Waals surface area contributed by atoms with Gasteiger partial charge in [0.05, 0.1) is 0 Å². The first-order chi connectivity index (χ1) is 8.97. The molecule has 4 N–H and O–H groups in total. The van der Waals surface area contributed by atoms with Gasteiger partial charge in [0.15, 0.2) is 5.84 Å². The van der Waals surface area contributed by atoms with Crippen molar-refractivity contribution in [3.63, 3.8) is 0 Å². The molecule has 0 heterocycles. The number of hydrogen-bond donors (Lipinski definition) is 2. The molecule has 0 radical (unpaired) electrons. The smallest absolute Gasteiger partial charge is 0.348 e. The molecule has 0 aromatic heterocycles. The van der Waals surface area contributed by atoms with Crippen molar-refractivity contribution in [3.05, 3.63) is 29.3 Å². The maximum Gasteiger partial charge on any atom is 0.348 e. The van der Waals surface area contributed by atoms with Crippen LogP contribution in [-0.4, -0.2) is 16.6 Å². The van der Waals surface area contributed by atoms with Gasteiger partial charge in [-0.1, -0.05) is 46.6 Å². The van der Waals surface area contributed by atoms with Crippen LogP contribution < -0.4 is 11.5 Å². The fraction of sp³-hybridized carbons (Fsp3) is 0.385. The van der Waals surface area contributed by atoms with Gasteiger partial charge in [-0.2, -0.15) is 0 Å². The maximum absolute atomic E-state index is 11.6. The number of hydrogen-bond acceptors (Lipinski definition) is 4. The molecule has 0 aliphatic rings. The highest BCUT2D eigenvalue weighted by Crippen LogP contribution is 2.15. The van der Waals surface area contributed by atoms with E-state index in [9.17, 15) is 4.79 Å². The summed E-state index contributed by atoms with van der Waals surface area (Å²) in [6, 6.07) is 5.32. The summed E-state index contributed by atoms with van der Waals surface area (Å²) in [6.45, 7) is 3.81. The molecule has 1 aromatic rings. The van der Waals surface area contributed by atoms with Crippen LogP contribution in [0.1, 0.15) is 30.9 Å². The van der Waals surface area contributed by atoms with E-state index in [0.717, 1.165) is 12.0 Å². The number of rotatable bonds is 5. The lowest BCUT2D eigenvalue weighted by Gasteiger charge is -2.08. The molecular weight excluding hydrogens is 310 g/mol. The molecule has 0 saturated heterocycles. The lowest BCUT2D eigenvalue weighted by Crippen LogP contribution is -2.20. The lowest BCUT2D eigenvalue weighted by molar-refractivity contribution is -0.142. The molecule has 1 aromatic carbocycles. The lowest BCUT2D eigenvalue weighted by atomic mass is 10.1. The quantitative estimate of drug-likeness (QED) is 0.217. The molecule has 1 unspecified atom stereocenters. The van der Waals surface area contributed by atoms with Crippen molar-refractivity contribution in [2.45, 2.75) is 31.5 Å². The van der Waals surface area contributed by atoms with Gasteiger partial charge in [-0.3, -0.25) is 0 Å². The molecule has 0 bridgehead atoms.